The molecule has 0 spiro atoms. The van der Waals surface area contributed by atoms with Crippen molar-refractivity contribution >= 4 is 16.9 Å². The highest BCUT2D eigenvalue weighted by Crippen LogP contribution is 2.35. The van der Waals surface area contributed by atoms with Crippen molar-refractivity contribution in [3.63, 3.8) is 0 Å². The van der Waals surface area contributed by atoms with Crippen LogP contribution in [0.5, 0.6) is 11.5 Å². The van der Waals surface area contributed by atoms with Crippen molar-refractivity contribution in [3.05, 3.63) is 138 Å². The van der Waals surface area contributed by atoms with Crippen molar-refractivity contribution in [2.45, 2.75) is 31.3 Å². The minimum Gasteiger partial charge on any atom is -0.497 e. The number of hydrogen-bond acceptors (Lipinski definition) is 5. The van der Waals surface area contributed by atoms with Crippen LogP contribution in [0.25, 0.3) is 5.57 Å². The summed E-state index contributed by atoms with van der Waals surface area (Å²) in [4.78, 5) is 4.86. The number of rotatable bonds is 10. The number of ether oxygens (including phenoxy) is 2. The molecule has 0 radical (unpaired) electrons. The average Bonchev–Trinajstić information content (AvgIpc) is 3.83. The monoisotopic (exact) mass is 586 g/mol. The fourth-order valence-electron chi connectivity index (χ4n) is 6.35. The third-order valence-corrected chi connectivity index (χ3v) is 8.96. The van der Waals surface area contributed by atoms with E-state index in [4.69, 9.17) is 9.47 Å². The van der Waals surface area contributed by atoms with Crippen LogP contribution < -0.4 is 19.3 Å². The van der Waals surface area contributed by atoms with Gasteiger partial charge in [-0.15, -0.1) is 0 Å². The van der Waals surface area contributed by atoms with E-state index in [1.54, 1.807) is 14.2 Å². The van der Waals surface area contributed by atoms with Crippen LogP contribution >= 0.6 is 0 Å². The third kappa shape index (κ3) is 6.39. The van der Waals surface area contributed by atoms with Crippen LogP contribution in [-0.2, 0) is 5.60 Å². The Morgan fingerprint density at radius 2 is 0.977 bits per heavy atom. The minimum atomic E-state index is -1.34. The van der Waals surface area contributed by atoms with E-state index in [9.17, 15) is 5.11 Å². The van der Waals surface area contributed by atoms with Crippen LogP contribution in [0.2, 0.25) is 0 Å². The summed E-state index contributed by atoms with van der Waals surface area (Å²) in [7, 11) is 3.34. The van der Waals surface area contributed by atoms with Gasteiger partial charge in [-0.2, -0.15) is 0 Å². The first-order valence-corrected chi connectivity index (χ1v) is 15.7. The molecule has 0 amide bonds. The molecular weight excluding hydrogens is 544 g/mol. The molecule has 2 aliphatic heterocycles. The molecular formula is C39H42N2O3. The summed E-state index contributed by atoms with van der Waals surface area (Å²) in [6, 6.07) is 33.0. The molecule has 1 unspecified atom stereocenters. The number of anilines is 2. The Labute approximate surface area is 261 Å². The van der Waals surface area contributed by atoms with Crippen LogP contribution in [0.1, 0.15) is 47.9 Å². The van der Waals surface area contributed by atoms with Crippen molar-refractivity contribution in [3.8, 4) is 11.5 Å². The van der Waals surface area contributed by atoms with Crippen LogP contribution in [-0.4, -0.2) is 45.5 Å². The Bertz CT molecular complexity index is 1560. The molecule has 4 aromatic rings. The molecule has 2 aliphatic rings. The van der Waals surface area contributed by atoms with Gasteiger partial charge >= 0.3 is 0 Å². The van der Waals surface area contributed by atoms with Gasteiger partial charge in [0.2, 0.25) is 0 Å². The number of aliphatic hydroxyl groups is 1. The predicted octanol–water partition coefficient (Wildman–Crippen LogP) is 7.83. The summed E-state index contributed by atoms with van der Waals surface area (Å²) in [5.41, 5.74) is 5.98. The zero-order chi connectivity index (χ0) is 30.4. The number of methoxy groups -OCH3 is 2. The van der Waals surface area contributed by atoms with Gasteiger partial charge in [-0.3, -0.25) is 0 Å². The van der Waals surface area contributed by atoms with Crippen LogP contribution in [0, 0.1) is 0 Å². The highest BCUT2D eigenvalue weighted by molar-refractivity contribution is 5.81. The molecule has 4 aromatic carbocycles. The van der Waals surface area contributed by atoms with E-state index in [2.05, 4.69) is 64.4 Å². The summed E-state index contributed by atoms with van der Waals surface area (Å²) in [5.74, 6) is 1.57. The first-order valence-electron chi connectivity index (χ1n) is 15.7. The normalized spacial score (nSPS) is 16.8. The Kier molecular flexibility index (Phi) is 9.04. The number of benzene rings is 4. The maximum absolute atomic E-state index is 12.4. The Hall–Kier alpha value is -4.48. The Morgan fingerprint density at radius 1 is 0.591 bits per heavy atom. The van der Waals surface area contributed by atoms with Gasteiger partial charge in [0.15, 0.2) is 0 Å². The van der Waals surface area contributed by atoms with Gasteiger partial charge in [0.25, 0.3) is 0 Å². The van der Waals surface area contributed by atoms with Crippen molar-refractivity contribution in [1.29, 1.82) is 0 Å². The van der Waals surface area contributed by atoms with Gasteiger partial charge in [-0.1, -0.05) is 60.7 Å². The van der Waals surface area contributed by atoms with Crippen LogP contribution in [0.15, 0.2) is 115 Å². The van der Waals surface area contributed by atoms with E-state index >= 15 is 0 Å². The first kappa shape index (κ1) is 29.6. The lowest BCUT2D eigenvalue weighted by Gasteiger charge is -2.27. The average molecular weight is 587 g/mol. The SMILES string of the molecule is COc1ccc(C(=CC=CC(O)(c2ccc(OC)cc2)c2ccc(N3CCCC3)cc2)c2ccc(N3CCCC3)cc2)cc1. The maximum Gasteiger partial charge on any atom is 0.133 e. The fourth-order valence-corrected chi connectivity index (χ4v) is 6.35. The van der Waals surface area contributed by atoms with E-state index in [1.807, 2.05) is 60.7 Å². The molecule has 6 rings (SSSR count). The molecule has 5 nitrogen and oxygen atoms in total. The number of nitrogens with zero attached hydrogens (tertiary/aromatic N) is 2. The Morgan fingerprint density at radius 3 is 1.43 bits per heavy atom. The molecule has 2 heterocycles. The highest BCUT2D eigenvalue weighted by atomic mass is 16.5. The molecule has 2 fully saturated rings. The van der Waals surface area contributed by atoms with Gasteiger partial charge in [-0.25, -0.2) is 0 Å². The summed E-state index contributed by atoms with van der Waals surface area (Å²) >= 11 is 0. The summed E-state index contributed by atoms with van der Waals surface area (Å²) in [5, 5.41) is 12.4. The Balaban J connectivity index is 1.37. The van der Waals surface area contributed by atoms with Gasteiger partial charge in [0.05, 0.1) is 14.2 Å². The maximum atomic E-state index is 12.4. The molecule has 0 aromatic heterocycles. The van der Waals surface area contributed by atoms with E-state index in [0.717, 1.165) is 65.5 Å². The topological polar surface area (TPSA) is 45.2 Å². The summed E-state index contributed by atoms with van der Waals surface area (Å²) in [6.45, 7) is 4.40. The minimum absolute atomic E-state index is 0.753. The van der Waals surface area contributed by atoms with Gasteiger partial charge in [0, 0.05) is 37.6 Å². The van der Waals surface area contributed by atoms with Crippen molar-refractivity contribution in [1.82, 2.24) is 0 Å². The number of hydrogen-bond donors (Lipinski definition) is 1. The van der Waals surface area contributed by atoms with Crippen LogP contribution in [0.3, 0.4) is 0 Å². The first-order chi connectivity index (χ1) is 21.6. The molecule has 2 saturated heterocycles. The second-order valence-electron chi connectivity index (χ2n) is 11.6. The number of allylic oxidation sites excluding steroid dienone is 2. The van der Waals surface area contributed by atoms with Crippen molar-refractivity contribution < 1.29 is 14.6 Å². The van der Waals surface area contributed by atoms with E-state index in [0.29, 0.717) is 0 Å². The molecule has 1 atom stereocenters. The van der Waals surface area contributed by atoms with E-state index in [-0.39, 0.29) is 0 Å². The van der Waals surface area contributed by atoms with Gasteiger partial charge in [0.1, 0.15) is 17.1 Å². The zero-order valence-corrected chi connectivity index (χ0v) is 25.8. The predicted molar refractivity (Wildman–Crippen MR) is 181 cm³/mol. The van der Waals surface area contributed by atoms with E-state index < -0.39 is 5.60 Å². The lowest BCUT2D eigenvalue weighted by atomic mass is 9.85. The highest BCUT2D eigenvalue weighted by Gasteiger charge is 2.29. The van der Waals surface area contributed by atoms with Gasteiger partial charge in [-0.05, 0) is 108 Å². The molecule has 5 heteroatoms. The van der Waals surface area contributed by atoms with Gasteiger partial charge < -0.3 is 24.4 Å². The van der Waals surface area contributed by atoms with Crippen molar-refractivity contribution in [2.75, 3.05) is 50.2 Å². The zero-order valence-electron chi connectivity index (χ0n) is 25.8. The summed E-state index contributed by atoms with van der Waals surface area (Å²) < 4.78 is 10.8. The standard InChI is InChI=1S/C39H42N2O3/c1-43-36-21-11-31(12-22-36)38(30-9-17-34(18-10-30)40-26-3-4-27-40)8-7-25-39(42,33-15-23-37(44-2)24-16-33)32-13-19-35(20-14-32)41-28-5-6-29-41/h7-25,42H,3-6,26-29H2,1-2H3. The summed E-state index contributed by atoms with van der Waals surface area (Å²) in [6.07, 6.45) is 10.9. The largest absolute Gasteiger partial charge is 0.497 e. The fraction of sp³-hybridized carbons (Fsp3) is 0.282. The van der Waals surface area contributed by atoms with Crippen LogP contribution in [0.4, 0.5) is 11.4 Å². The second-order valence-corrected chi connectivity index (χ2v) is 11.6. The molecule has 226 valence electrons. The van der Waals surface area contributed by atoms with Crippen molar-refractivity contribution in [2.24, 2.45) is 0 Å². The second kappa shape index (κ2) is 13.4. The smallest absolute Gasteiger partial charge is 0.133 e. The molecule has 0 bridgehead atoms. The molecule has 1 N–H and O–H groups in total. The molecule has 0 saturated carbocycles. The lowest BCUT2D eigenvalue weighted by Crippen LogP contribution is -2.25. The quantitative estimate of drug-likeness (QED) is 0.192. The van der Waals surface area contributed by atoms with E-state index in [1.165, 1.54) is 37.1 Å². The molecule has 0 aliphatic carbocycles. The third-order valence-electron chi connectivity index (χ3n) is 8.96. The molecule has 44 heavy (non-hydrogen) atoms. The lowest BCUT2D eigenvalue weighted by molar-refractivity contribution is 0.134.